The molecule has 0 aliphatic rings. The van der Waals surface area contributed by atoms with Crippen LogP contribution in [0.5, 0.6) is 5.75 Å². The lowest BCUT2D eigenvalue weighted by molar-refractivity contribution is -0.142. The minimum Gasteiger partial charge on any atom is -0.508 e. The number of benzene rings is 1. The molecule has 220 valence electrons. The number of amides is 3. The third-order valence-corrected chi connectivity index (χ3v) is 6.74. The molecule has 13 nitrogen and oxygen atoms in total. The van der Waals surface area contributed by atoms with E-state index in [2.05, 4.69) is 25.9 Å². The molecule has 3 amide bonds. The highest BCUT2D eigenvalue weighted by atomic mass is 16.4. The number of imidazole rings is 1. The van der Waals surface area contributed by atoms with Crippen LogP contribution in [0.1, 0.15) is 50.8 Å². The van der Waals surface area contributed by atoms with Gasteiger partial charge in [-0.2, -0.15) is 0 Å². The largest absolute Gasteiger partial charge is 0.508 e. The van der Waals surface area contributed by atoms with Crippen LogP contribution in [0.25, 0.3) is 0 Å². The molecular weight excluding hydrogens is 518 g/mol. The zero-order valence-corrected chi connectivity index (χ0v) is 22.9. The molecule has 40 heavy (non-hydrogen) atoms. The van der Waals surface area contributed by atoms with Crippen LogP contribution in [0, 0.1) is 5.92 Å². The van der Waals surface area contributed by atoms with Gasteiger partial charge in [-0.15, -0.1) is 0 Å². The lowest BCUT2D eigenvalue weighted by Crippen LogP contribution is -2.58. The van der Waals surface area contributed by atoms with E-state index in [1.807, 2.05) is 13.8 Å². The maximum atomic E-state index is 13.5. The number of carboxylic acid groups (broad SMARTS) is 1. The number of unbranched alkanes of at least 4 members (excludes halogenated alkanes) is 1. The van der Waals surface area contributed by atoms with Crippen LogP contribution in [-0.4, -0.2) is 74.6 Å². The number of hydrogen-bond donors (Lipinski definition) is 8. The van der Waals surface area contributed by atoms with Gasteiger partial charge in [0.25, 0.3) is 0 Å². The number of nitrogens with two attached hydrogens (primary N) is 2. The van der Waals surface area contributed by atoms with E-state index in [0.29, 0.717) is 37.1 Å². The molecule has 0 radical (unpaired) electrons. The SMILES string of the molecule is CCC(C)C(N)C(=O)NC(Cc1ccc(O)cc1)C(=O)NC(Cc1cnc[nH]1)C(=O)NC(CCCCN)C(=O)O. The van der Waals surface area contributed by atoms with Gasteiger partial charge in [-0.1, -0.05) is 32.4 Å². The minimum absolute atomic E-state index is 0.00102. The Kier molecular flexibility index (Phi) is 13.1. The number of rotatable bonds is 17. The van der Waals surface area contributed by atoms with Crippen molar-refractivity contribution in [3.05, 3.63) is 48.0 Å². The molecule has 0 bridgehead atoms. The number of aliphatic carboxylic acids is 1. The van der Waals surface area contributed by atoms with Crippen LogP contribution in [0.4, 0.5) is 0 Å². The average Bonchev–Trinajstić information content (AvgIpc) is 3.45. The van der Waals surface area contributed by atoms with Crippen molar-refractivity contribution in [2.45, 2.75) is 76.5 Å². The van der Waals surface area contributed by atoms with Crippen LogP contribution in [0.3, 0.4) is 0 Å². The number of nitrogens with one attached hydrogen (secondary N) is 4. The average molecular weight is 560 g/mol. The summed E-state index contributed by atoms with van der Waals surface area (Å²) in [4.78, 5) is 58.3. The molecule has 10 N–H and O–H groups in total. The first-order valence-corrected chi connectivity index (χ1v) is 13.4. The second kappa shape index (κ2) is 16.2. The fourth-order valence-corrected chi connectivity index (χ4v) is 3.98. The van der Waals surface area contributed by atoms with E-state index in [1.54, 1.807) is 12.1 Å². The monoisotopic (exact) mass is 559 g/mol. The third kappa shape index (κ3) is 10.3. The highest BCUT2D eigenvalue weighted by Gasteiger charge is 2.31. The van der Waals surface area contributed by atoms with E-state index < -0.39 is 47.9 Å². The zero-order chi connectivity index (χ0) is 29.7. The standard InChI is InChI=1S/C27H41N7O6/c1-3-16(2)23(29)26(38)34-21(12-17-7-9-19(35)10-8-17)24(36)33-22(13-18-14-30-15-31-18)25(37)32-20(27(39)40)6-4-5-11-28/h7-10,14-16,20-23,35H,3-6,11-13,28-29H2,1-2H3,(H,30,31)(H,32,37)(H,33,36)(H,34,38)(H,39,40). The van der Waals surface area contributed by atoms with Crippen molar-refractivity contribution in [1.29, 1.82) is 0 Å². The number of hydrogen-bond acceptors (Lipinski definition) is 8. The predicted octanol–water partition coefficient (Wildman–Crippen LogP) is -0.0581. The van der Waals surface area contributed by atoms with Gasteiger partial charge in [0, 0.05) is 24.7 Å². The fourth-order valence-electron chi connectivity index (χ4n) is 3.98. The summed E-state index contributed by atoms with van der Waals surface area (Å²) in [6.07, 6.45) is 4.90. The van der Waals surface area contributed by atoms with Crippen molar-refractivity contribution in [3.63, 3.8) is 0 Å². The zero-order valence-electron chi connectivity index (χ0n) is 22.9. The molecule has 0 aliphatic heterocycles. The number of carboxylic acids is 1. The van der Waals surface area contributed by atoms with Crippen LogP contribution in [0.15, 0.2) is 36.8 Å². The molecule has 0 spiro atoms. The number of carbonyl (C=O) groups is 4. The number of H-pyrrole nitrogens is 1. The van der Waals surface area contributed by atoms with Crippen molar-refractivity contribution in [2.24, 2.45) is 17.4 Å². The van der Waals surface area contributed by atoms with Gasteiger partial charge in [-0.05, 0) is 49.4 Å². The molecule has 1 aromatic heterocycles. The summed E-state index contributed by atoms with van der Waals surface area (Å²) in [5.74, 6) is -3.17. The summed E-state index contributed by atoms with van der Waals surface area (Å²) in [5.41, 5.74) is 12.8. The lowest BCUT2D eigenvalue weighted by Gasteiger charge is -2.26. The van der Waals surface area contributed by atoms with E-state index >= 15 is 0 Å². The number of aromatic hydroxyl groups is 1. The topological polar surface area (TPSA) is 226 Å². The second-order valence-corrected chi connectivity index (χ2v) is 9.87. The second-order valence-electron chi connectivity index (χ2n) is 9.87. The van der Waals surface area contributed by atoms with Gasteiger partial charge in [0.1, 0.15) is 23.9 Å². The normalized spacial score (nSPS) is 14.8. The van der Waals surface area contributed by atoms with Crippen molar-refractivity contribution >= 4 is 23.7 Å². The first-order valence-electron chi connectivity index (χ1n) is 13.4. The number of phenolic OH excluding ortho intramolecular Hbond substituents is 1. The number of carbonyl (C=O) groups excluding carboxylic acids is 3. The molecule has 0 saturated heterocycles. The Balaban J connectivity index is 2.27. The summed E-state index contributed by atoms with van der Waals surface area (Å²) >= 11 is 0. The summed E-state index contributed by atoms with van der Waals surface area (Å²) in [7, 11) is 0. The summed E-state index contributed by atoms with van der Waals surface area (Å²) in [6, 6.07) is 1.85. The van der Waals surface area contributed by atoms with Crippen LogP contribution >= 0.6 is 0 Å². The maximum absolute atomic E-state index is 13.5. The van der Waals surface area contributed by atoms with Gasteiger partial charge < -0.3 is 42.6 Å². The molecule has 2 aromatic rings. The number of nitrogens with zero attached hydrogens (tertiary/aromatic N) is 1. The van der Waals surface area contributed by atoms with Gasteiger partial charge in [0.05, 0.1) is 12.4 Å². The van der Waals surface area contributed by atoms with Crippen molar-refractivity contribution in [2.75, 3.05) is 6.54 Å². The van der Waals surface area contributed by atoms with Crippen LogP contribution in [0.2, 0.25) is 0 Å². The Hall–Kier alpha value is -3.97. The van der Waals surface area contributed by atoms with Gasteiger partial charge >= 0.3 is 5.97 Å². The number of aromatic nitrogens is 2. The Morgan fingerprint density at radius 3 is 2.10 bits per heavy atom. The van der Waals surface area contributed by atoms with Gasteiger partial charge in [-0.25, -0.2) is 9.78 Å². The predicted molar refractivity (Wildman–Crippen MR) is 148 cm³/mol. The van der Waals surface area contributed by atoms with Crippen LogP contribution in [-0.2, 0) is 32.0 Å². The minimum atomic E-state index is -1.20. The van der Waals surface area contributed by atoms with Crippen molar-refractivity contribution in [1.82, 2.24) is 25.9 Å². The first kappa shape index (κ1) is 32.2. The van der Waals surface area contributed by atoms with E-state index in [4.69, 9.17) is 11.5 Å². The molecule has 5 unspecified atom stereocenters. The fraction of sp³-hybridized carbons (Fsp3) is 0.519. The molecule has 13 heteroatoms. The molecule has 5 atom stereocenters. The summed E-state index contributed by atoms with van der Waals surface area (Å²) in [6.45, 7) is 4.13. The summed E-state index contributed by atoms with van der Waals surface area (Å²) < 4.78 is 0. The van der Waals surface area contributed by atoms with Crippen molar-refractivity contribution < 1.29 is 29.4 Å². The Morgan fingerprint density at radius 2 is 1.55 bits per heavy atom. The highest BCUT2D eigenvalue weighted by Crippen LogP contribution is 2.13. The molecule has 0 fully saturated rings. The molecule has 1 heterocycles. The van der Waals surface area contributed by atoms with Crippen molar-refractivity contribution in [3.8, 4) is 5.75 Å². The highest BCUT2D eigenvalue weighted by molar-refractivity contribution is 5.94. The molecule has 0 saturated carbocycles. The molecular formula is C27H41N7O6. The van der Waals surface area contributed by atoms with Gasteiger partial charge in [0.15, 0.2) is 0 Å². The number of aromatic amines is 1. The summed E-state index contributed by atoms with van der Waals surface area (Å²) in [5, 5.41) is 27.1. The molecule has 1 aromatic carbocycles. The lowest BCUT2D eigenvalue weighted by atomic mass is 9.98. The van der Waals surface area contributed by atoms with E-state index in [1.165, 1.54) is 24.7 Å². The smallest absolute Gasteiger partial charge is 0.326 e. The van der Waals surface area contributed by atoms with E-state index in [9.17, 15) is 29.4 Å². The first-order chi connectivity index (χ1) is 19.0. The Morgan fingerprint density at radius 1 is 0.950 bits per heavy atom. The molecule has 2 rings (SSSR count). The third-order valence-electron chi connectivity index (χ3n) is 6.74. The Labute approximate surface area is 233 Å². The van der Waals surface area contributed by atoms with Gasteiger partial charge in [-0.3, -0.25) is 14.4 Å². The maximum Gasteiger partial charge on any atom is 0.326 e. The Bertz CT molecular complexity index is 1090. The van der Waals surface area contributed by atoms with Gasteiger partial charge in [0.2, 0.25) is 17.7 Å². The molecule has 0 aliphatic carbocycles. The quantitative estimate of drug-likeness (QED) is 0.121. The van der Waals surface area contributed by atoms with E-state index in [-0.39, 0.29) is 30.9 Å². The number of phenols is 1. The van der Waals surface area contributed by atoms with Crippen LogP contribution < -0.4 is 27.4 Å². The van der Waals surface area contributed by atoms with E-state index in [0.717, 1.165) is 0 Å².